The predicted octanol–water partition coefficient (Wildman–Crippen LogP) is 3.11. The van der Waals surface area contributed by atoms with E-state index in [1.54, 1.807) is 0 Å². The number of aliphatic hydroxyl groups excluding tert-OH is 1. The molecule has 9 N–H and O–H groups in total. The Morgan fingerprint density at radius 2 is 1.12 bits per heavy atom. The summed E-state index contributed by atoms with van der Waals surface area (Å²) in [7, 11) is 0. The number of rotatable bonds is 3. The lowest BCUT2D eigenvalue weighted by Gasteiger charge is -2.37. The van der Waals surface area contributed by atoms with Gasteiger partial charge in [0.15, 0.2) is 41.0 Å². The standard InChI is InChI=1S/C30H22O13/c31-12-7-17(36)21-20(8-12)42-28(10-1-3-13(32)15(34)5-10)24(25(21)39)22-18(37)9-19(38)23-26(40)27(41)29(43-30(22)23)11-2-4-14(33)16(35)6-11/h1-9,24,27-29,31-38,41H/t24-,27+,28-,29+/m0/s1. The molecule has 4 aromatic carbocycles. The largest absolute Gasteiger partial charge is 0.508 e. The number of aliphatic hydroxyl groups is 1. The van der Waals surface area contributed by atoms with E-state index in [0.717, 1.165) is 42.5 Å². The van der Waals surface area contributed by atoms with Crippen molar-refractivity contribution in [3.63, 3.8) is 0 Å². The van der Waals surface area contributed by atoms with Gasteiger partial charge in [-0.25, -0.2) is 0 Å². The highest BCUT2D eigenvalue weighted by Crippen LogP contribution is 2.55. The molecule has 13 nitrogen and oxygen atoms in total. The van der Waals surface area contributed by atoms with Gasteiger partial charge in [-0.1, -0.05) is 12.1 Å². The average molecular weight is 590 g/mol. The van der Waals surface area contributed by atoms with Crippen molar-refractivity contribution in [3.05, 3.63) is 82.4 Å². The van der Waals surface area contributed by atoms with Crippen LogP contribution in [0.5, 0.6) is 57.5 Å². The van der Waals surface area contributed by atoms with Crippen molar-refractivity contribution >= 4 is 11.6 Å². The SMILES string of the molecule is O=C1c2c(O)cc(O)c([C@H]3C(=O)c4c(O)cc(O)cc4O[C@H]3c3ccc(O)c(O)c3)c2O[C@H](c2ccc(O)c(O)c2)[C@@H]1O. The van der Waals surface area contributed by atoms with Crippen LogP contribution in [0.2, 0.25) is 0 Å². The van der Waals surface area contributed by atoms with Crippen molar-refractivity contribution in [2.75, 3.05) is 0 Å². The van der Waals surface area contributed by atoms with Gasteiger partial charge in [0.1, 0.15) is 51.7 Å². The number of benzene rings is 4. The van der Waals surface area contributed by atoms with Crippen molar-refractivity contribution in [1.29, 1.82) is 0 Å². The van der Waals surface area contributed by atoms with Crippen LogP contribution in [-0.2, 0) is 0 Å². The van der Waals surface area contributed by atoms with Crippen LogP contribution in [0, 0.1) is 0 Å². The monoisotopic (exact) mass is 590 g/mol. The molecular weight excluding hydrogens is 568 g/mol. The molecule has 4 atom stereocenters. The van der Waals surface area contributed by atoms with Crippen LogP contribution >= 0.6 is 0 Å². The fraction of sp³-hybridized carbons (Fsp3) is 0.133. The van der Waals surface area contributed by atoms with E-state index in [-0.39, 0.29) is 16.9 Å². The summed E-state index contributed by atoms with van der Waals surface area (Å²) >= 11 is 0. The zero-order chi connectivity index (χ0) is 30.9. The highest BCUT2D eigenvalue weighted by atomic mass is 16.5. The molecule has 0 unspecified atom stereocenters. The Balaban J connectivity index is 1.60. The molecule has 0 radical (unpaired) electrons. The Morgan fingerprint density at radius 3 is 1.72 bits per heavy atom. The second-order valence-corrected chi connectivity index (χ2v) is 10.1. The van der Waals surface area contributed by atoms with Gasteiger partial charge in [0.05, 0.1) is 11.5 Å². The van der Waals surface area contributed by atoms with Crippen LogP contribution < -0.4 is 9.47 Å². The first-order valence-corrected chi connectivity index (χ1v) is 12.7. The second kappa shape index (κ2) is 9.63. The summed E-state index contributed by atoms with van der Waals surface area (Å²) in [6, 6.07) is 9.57. The average Bonchev–Trinajstić information content (AvgIpc) is 2.93. The van der Waals surface area contributed by atoms with Crippen molar-refractivity contribution < 1.29 is 65.0 Å². The Kier molecular flexibility index (Phi) is 6.13. The van der Waals surface area contributed by atoms with Gasteiger partial charge in [-0.3, -0.25) is 9.59 Å². The highest BCUT2D eigenvalue weighted by Gasteiger charge is 2.48. The number of Topliss-reactive ketones (excluding diaryl/α,β-unsaturated/α-hetero) is 2. The maximum Gasteiger partial charge on any atom is 0.202 e. The van der Waals surface area contributed by atoms with Gasteiger partial charge in [0, 0.05) is 18.2 Å². The first kappa shape index (κ1) is 27.4. The topological polar surface area (TPSA) is 235 Å². The van der Waals surface area contributed by atoms with E-state index >= 15 is 0 Å². The Morgan fingerprint density at radius 1 is 0.535 bits per heavy atom. The third-order valence-corrected chi connectivity index (χ3v) is 7.44. The van der Waals surface area contributed by atoms with Crippen molar-refractivity contribution in [2.24, 2.45) is 0 Å². The fourth-order valence-electron chi connectivity index (χ4n) is 5.44. The van der Waals surface area contributed by atoms with Gasteiger partial charge in [-0.2, -0.15) is 0 Å². The Labute approximate surface area is 240 Å². The summed E-state index contributed by atoms with van der Waals surface area (Å²) in [5, 5.41) is 93.0. The molecule has 220 valence electrons. The van der Waals surface area contributed by atoms with Gasteiger partial charge >= 0.3 is 0 Å². The predicted molar refractivity (Wildman–Crippen MR) is 143 cm³/mol. The van der Waals surface area contributed by atoms with Gasteiger partial charge in [0.25, 0.3) is 0 Å². The summed E-state index contributed by atoms with van der Waals surface area (Å²) < 4.78 is 12.0. The lowest BCUT2D eigenvalue weighted by Crippen LogP contribution is -2.38. The number of phenolic OH excluding ortho intramolecular Hbond substituents is 8. The number of ketones is 2. The molecule has 2 heterocycles. The van der Waals surface area contributed by atoms with E-state index < -0.39 is 104 Å². The van der Waals surface area contributed by atoms with Crippen LogP contribution in [-0.4, -0.2) is 63.6 Å². The molecule has 0 spiro atoms. The van der Waals surface area contributed by atoms with E-state index in [1.165, 1.54) is 12.1 Å². The van der Waals surface area contributed by atoms with Gasteiger partial charge in [-0.05, 0) is 35.4 Å². The second-order valence-electron chi connectivity index (χ2n) is 10.1. The van der Waals surface area contributed by atoms with E-state index in [0.29, 0.717) is 0 Å². The molecule has 2 aliphatic rings. The smallest absolute Gasteiger partial charge is 0.202 e. The van der Waals surface area contributed by atoms with Crippen LogP contribution in [0.4, 0.5) is 0 Å². The molecule has 0 amide bonds. The molecule has 0 aromatic heterocycles. The molecule has 0 aliphatic carbocycles. The van der Waals surface area contributed by atoms with Gasteiger partial charge < -0.3 is 55.4 Å². The minimum absolute atomic E-state index is 0.0141. The summed E-state index contributed by atoms with van der Waals surface area (Å²) in [6.07, 6.45) is -4.94. The number of ether oxygens (including phenoxy) is 2. The number of carbonyl (C=O) groups excluding carboxylic acids is 2. The van der Waals surface area contributed by atoms with Crippen LogP contribution in [0.25, 0.3) is 0 Å². The van der Waals surface area contributed by atoms with Crippen LogP contribution in [0.15, 0.2) is 54.6 Å². The summed E-state index contributed by atoms with van der Waals surface area (Å²) in [5.41, 5.74) is -1.29. The van der Waals surface area contributed by atoms with Gasteiger partial charge in [-0.15, -0.1) is 0 Å². The third kappa shape index (κ3) is 4.21. The summed E-state index contributed by atoms with van der Waals surface area (Å²) in [6.45, 7) is 0. The number of hydrogen-bond acceptors (Lipinski definition) is 13. The number of hydrogen-bond donors (Lipinski definition) is 9. The molecule has 4 aromatic rings. The Bertz CT molecular complexity index is 1850. The minimum Gasteiger partial charge on any atom is -0.508 e. The zero-order valence-electron chi connectivity index (χ0n) is 21.7. The zero-order valence-corrected chi connectivity index (χ0v) is 21.7. The lowest BCUT2D eigenvalue weighted by atomic mass is 9.78. The van der Waals surface area contributed by atoms with Gasteiger partial charge in [0.2, 0.25) is 5.78 Å². The maximum atomic E-state index is 14.1. The van der Waals surface area contributed by atoms with Crippen molar-refractivity contribution in [2.45, 2.75) is 24.2 Å². The normalized spacial score (nSPS) is 21.0. The fourth-order valence-corrected chi connectivity index (χ4v) is 5.44. The molecule has 0 bridgehead atoms. The van der Waals surface area contributed by atoms with E-state index in [9.17, 15) is 55.5 Å². The van der Waals surface area contributed by atoms with E-state index in [2.05, 4.69) is 0 Å². The quantitative estimate of drug-likeness (QED) is 0.156. The minimum atomic E-state index is -1.93. The highest BCUT2D eigenvalue weighted by molar-refractivity contribution is 6.10. The van der Waals surface area contributed by atoms with Crippen molar-refractivity contribution in [3.8, 4) is 57.5 Å². The van der Waals surface area contributed by atoms with Crippen LogP contribution in [0.1, 0.15) is 55.5 Å². The van der Waals surface area contributed by atoms with Crippen LogP contribution in [0.3, 0.4) is 0 Å². The number of phenols is 8. The maximum absolute atomic E-state index is 14.1. The molecule has 2 aliphatic heterocycles. The number of aromatic hydroxyl groups is 8. The first-order chi connectivity index (χ1) is 20.4. The molecule has 6 rings (SSSR count). The summed E-state index contributed by atoms with van der Waals surface area (Å²) in [4.78, 5) is 27.5. The molecule has 43 heavy (non-hydrogen) atoms. The molecule has 0 saturated heterocycles. The van der Waals surface area contributed by atoms with E-state index in [4.69, 9.17) is 9.47 Å². The molecular formula is C30H22O13. The number of fused-ring (bicyclic) bond motifs is 2. The van der Waals surface area contributed by atoms with E-state index in [1.807, 2.05) is 0 Å². The third-order valence-electron chi connectivity index (χ3n) is 7.44. The lowest BCUT2D eigenvalue weighted by molar-refractivity contribution is 0.0196. The van der Waals surface area contributed by atoms with Crippen molar-refractivity contribution in [1.82, 2.24) is 0 Å². The molecule has 0 fully saturated rings. The summed E-state index contributed by atoms with van der Waals surface area (Å²) in [5.74, 6) is -9.20. The first-order valence-electron chi connectivity index (χ1n) is 12.7. The molecule has 13 heteroatoms. The molecule has 0 saturated carbocycles. The number of carbonyl (C=O) groups is 2. The Hall–Kier alpha value is -5.82.